The summed E-state index contributed by atoms with van der Waals surface area (Å²) in [4.78, 5) is 13.7. The number of halogens is 4. The number of alkyl halides is 3. The summed E-state index contributed by atoms with van der Waals surface area (Å²) in [5.41, 5.74) is 2.97. The number of hydrogen-bond acceptors (Lipinski definition) is 2. The monoisotopic (exact) mass is 436 g/mol. The van der Waals surface area contributed by atoms with Gasteiger partial charge >= 0.3 is 6.18 Å². The van der Waals surface area contributed by atoms with Gasteiger partial charge in [-0.3, -0.25) is 4.79 Å². The fraction of sp³-hybridized carbons (Fsp3) is 0.435. The molecule has 0 aromatic heterocycles. The summed E-state index contributed by atoms with van der Waals surface area (Å²) in [5.74, 6) is -0.287. The molecule has 160 valence electrons. The number of hydrogen-bond donors (Lipinski definition) is 1. The smallest absolute Gasteiger partial charge is 0.360 e. The average Bonchev–Trinajstić information content (AvgIpc) is 2.74. The van der Waals surface area contributed by atoms with Gasteiger partial charge in [0.15, 0.2) is 0 Å². The van der Waals surface area contributed by atoms with Crippen LogP contribution in [0, 0.1) is 0 Å². The van der Waals surface area contributed by atoms with Crippen molar-refractivity contribution in [1.82, 2.24) is 5.32 Å². The van der Waals surface area contributed by atoms with Crippen LogP contribution in [-0.2, 0) is 4.79 Å². The van der Waals surface area contributed by atoms with E-state index in [1.807, 2.05) is 30.3 Å². The van der Waals surface area contributed by atoms with Gasteiger partial charge < -0.3 is 10.2 Å². The molecule has 2 aliphatic rings. The Bertz CT molecular complexity index is 914. The van der Waals surface area contributed by atoms with Gasteiger partial charge in [-0.2, -0.15) is 13.2 Å². The molecule has 0 radical (unpaired) electrons. The Labute approximate surface area is 179 Å². The lowest BCUT2D eigenvalue weighted by Gasteiger charge is -2.38. The van der Waals surface area contributed by atoms with Crippen molar-refractivity contribution in [3.63, 3.8) is 0 Å². The summed E-state index contributed by atoms with van der Waals surface area (Å²) < 4.78 is 40.3. The van der Waals surface area contributed by atoms with E-state index in [4.69, 9.17) is 11.6 Å². The van der Waals surface area contributed by atoms with Gasteiger partial charge in [0.1, 0.15) is 6.04 Å². The van der Waals surface area contributed by atoms with Gasteiger partial charge in [0.2, 0.25) is 5.91 Å². The van der Waals surface area contributed by atoms with Gasteiger partial charge in [0.05, 0.1) is 10.9 Å². The van der Waals surface area contributed by atoms with E-state index >= 15 is 0 Å². The highest BCUT2D eigenvalue weighted by molar-refractivity contribution is 6.34. The number of carbonyl (C=O) groups is 1. The Balaban J connectivity index is 1.62. The lowest BCUT2D eigenvalue weighted by atomic mass is 9.88. The minimum atomic E-state index is -4.24. The van der Waals surface area contributed by atoms with Crippen molar-refractivity contribution in [3.8, 4) is 11.1 Å². The molecule has 0 spiro atoms. The lowest BCUT2D eigenvalue weighted by molar-refractivity contribution is -0.152. The number of anilines is 1. The fourth-order valence-corrected chi connectivity index (χ4v) is 4.89. The first-order valence-corrected chi connectivity index (χ1v) is 10.7. The first-order chi connectivity index (χ1) is 14.4. The van der Waals surface area contributed by atoms with E-state index in [9.17, 15) is 18.0 Å². The maximum absolute atomic E-state index is 13.4. The number of piperidine rings is 2. The number of nitrogens with zero attached hydrogens (tertiary/aromatic N) is 1. The molecule has 1 N–H and O–H groups in total. The molecular formula is C23H24ClF3N2O. The van der Waals surface area contributed by atoms with Gasteiger partial charge in [-0.05, 0) is 55.4 Å². The van der Waals surface area contributed by atoms with Gasteiger partial charge in [-0.25, -0.2) is 0 Å². The Morgan fingerprint density at radius 2 is 1.77 bits per heavy atom. The topological polar surface area (TPSA) is 32.3 Å². The molecule has 0 saturated carbocycles. The van der Waals surface area contributed by atoms with Gasteiger partial charge in [0, 0.05) is 24.3 Å². The molecule has 2 aromatic rings. The molecule has 7 heteroatoms. The third-order valence-electron chi connectivity index (χ3n) is 6.08. The van der Waals surface area contributed by atoms with E-state index in [2.05, 4.69) is 5.32 Å². The van der Waals surface area contributed by atoms with Crippen LogP contribution >= 0.6 is 11.6 Å². The molecule has 2 heterocycles. The minimum Gasteiger partial charge on any atom is -0.360 e. The molecule has 2 aliphatic heterocycles. The zero-order valence-electron chi connectivity index (χ0n) is 16.5. The predicted molar refractivity (Wildman–Crippen MR) is 113 cm³/mol. The van der Waals surface area contributed by atoms with Crippen molar-refractivity contribution in [2.24, 2.45) is 0 Å². The van der Waals surface area contributed by atoms with Gasteiger partial charge in [0.25, 0.3) is 0 Å². The number of benzene rings is 2. The second kappa shape index (κ2) is 8.50. The largest absolute Gasteiger partial charge is 0.408 e. The van der Waals surface area contributed by atoms with Crippen LogP contribution < -0.4 is 10.2 Å². The zero-order chi connectivity index (χ0) is 21.3. The molecule has 30 heavy (non-hydrogen) atoms. The van der Waals surface area contributed by atoms with E-state index in [0.717, 1.165) is 36.0 Å². The Hall–Kier alpha value is -2.21. The molecular weight excluding hydrogens is 413 g/mol. The van der Waals surface area contributed by atoms with Crippen molar-refractivity contribution >= 4 is 23.2 Å². The lowest BCUT2D eigenvalue weighted by Crippen LogP contribution is -2.48. The second-order valence-electron chi connectivity index (χ2n) is 7.99. The molecule has 4 rings (SSSR count). The summed E-state index contributed by atoms with van der Waals surface area (Å²) in [6.07, 6.45) is -1.11. The second-order valence-corrected chi connectivity index (χ2v) is 8.37. The highest BCUT2D eigenvalue weighted by atomic mass is 35.5. The third-order valence-corrected chi connectivity index (χ3v) is 6.50. The normalized spacial score (nSPS) is 22.7. The first kappa shape index (κ1) is 21.0. The van der Waals surface area contributed by atoms with Crippen LogP contribution in [0.4, 0.5) is 18.9 Å². The van der Waals surface area contributed by atoms with Crippen LogP contribution in [0.1, 0.15) is 43.6 Å². The van der Waals surface area contributed by atoms with Crippen molar-refractivity contribution < 1.29 is 18.0 Å². The molecule has 2 fully saturated rings. The van der Waals surface area contributed by atoms with E-state index < -0.39 is 12.2 Å². The number of carbonyl (C=O) groups excluding carboxylic acids is 1. The van der Waals surface area contributed by atoms with Crippen LogP contribution in [-0.4, -0.2) is 31.2 Å². The summed E-state index contributed by atoms with van der Waals surface area (Å²) in [6, 6.07) is 11.3. The average molecular weight is 437 g/mol. The summed E-state index contributed by atoms with van der Waals surface area (Å²) >= 11 is 6.67. The molecule has 1 amide bonds. The van der Waals surface area contributed by atoms with E-state index in [1.54, 1.807) is 12.1 Å². The molecule has 0 aliphatic carbocycles. The molecule has 2 atom stereocenters. The highest BCUT2D eigenvalue weighted by Gasteiger charge is 2.44. The van der Waals surface area contributed by atoms with E-state index in [1.165, 1.54) is 4.90 Å². The third kappa shape index (κ3) is 4.15. The Morgan fingerprint density at radius 3 is 2.47 bits per heavy atom. The molecule has 2 unspecified atom stereocenters. The zero-order valence-corrected chi connectivity index (χ0v) is 17.3. The van der Waals surface area contributed by atoms with Crippen molar-refractivity contribution in [1.29, 1.82) is 0 Å². The standard InChI is InChI=1S/C23H24ClF3N2O/c24-21-17(5-3-6-18(21)19-7-4-13-28-22(19)30)15-9-11-16(12-10-15)29-14-2-1-8-20(29)23(25,26)27/h3,5-6,9-12,19-20H,1-2,4,7-8,13-14H2,(H,28,30). The van der Waals surface area contributed by atoms with Crippen LogP contribution in [0.25, 0.3) is 11.1 Å². The highest BCUT2D eigenvalue weighted by Crippen LogP contribution is 2.39. The minimum absolute atomic E-state index is 0.0149. The molecule has 2 aromatic carbocycles. The Kier molecular flexibility index (Phi) is 5.96. The number of rotatable bonds is 3. The van der Waals surface area contributed by atoms with Crippen molar-refractivity contribution in [2.45, 2.75) is 50.2 Å². The van der Waals surface area contributed by atoms with E-state index in [0.29, 0.717) is 30.2 Å². The molecule has 2 saturated heterocycles. The van der Waals surface area contributed by atoms with Crippen molar-refractivity contribution in [3.05, 3.63) is 53.1 Å². The predicted octanol–water partition coefficient (Wildman–Crippen LogP) is 5.92. The molecule has 3 nitrogen and oxygen atoms in total. The van der Waals surface area contributed by atoms with Crippen LogP contribution in [0.15, 0.2) is 42.5 Å². The molecule has 0 bridgehead atoms. The first-order valence-electron chi connectivity index (χ1n) is 10.4. The van der Waals surface area contributed by atoms with Crippen LogP contribution in [0.2, 0.25) is 5.02 Å². The van der Waals surface area contributed by atoms with Gasteiger partial charge in [-0.1, -0.05) is 41.9 Å². The SMILES string of the molecule is O=C1NCCCC1c1cccc(-c2ccc(N3CCCCC3C(F)(F)F)cc2)c1Cl. The fourth-order valence-electron chi connectivity index (χ4n) is 4.52. The Morgan fingerprint density at radius 1 is 1.00 bits per heavy atom. The summed E-state index contributed by atoms with van der Waals surface area (Å²) in [6.45, 7) is 1.08. The maximum atomic E-state index is 13.4. The van der Waals surface area contributed by atoms with E-state index in [-0.39, 0.29) is 18.2 Å². The maximum Gasteiger partial charge on any atom is 0.408 e. The summed E-state index contributed by atoms with van der Waals surface area (Å²) in [7, 11) is 0. The van der Waals surface area contributed by atoms with Crippen molar-refractivity contribution in [2.75, 3.05) is 18.0 Å². The van der Waals surface area contributed by atoms with Gasteiger partial charge in [-0.15, -0.1) is 0 Å². The quantitative estimate of drug-likeness (QED) is 0.647. The van der Waals surface area contributed by atoms with Crippen LogP contribution in [0.3, 0.4) is 0 Å². The van der Waals surface area contributed by atoms with Crippen LogP contribution in [0.5, 0.6) is 0 Å². The summed E-state index contributed by atoms with van der Waals surface area (Å²) in [5, 5.41) is 3.41. The number of amides is 1. The number of nitrogens with one attached hydrogen (secondary N) is 1.